The third-order valence-corrected chi connectivity index (χ3v) is 7.53. The van der Waals surface area contributed by atoms with Crippen molar-refractivity contribution < 1.29 is 27.8 Å². The molecule has 7 nitrogen and oxygen atoms in total. The van der Waals surface area contributed by atoms with E-state index in [2.05, 4.69) is 0 Å². The first-order valence-corrected chi connectivity index (χ1v) is 14.0. The van der Waals surface area contributed by atoms with Crippen LogP contribution >= 0.6 is 0 Å². The molecule has 3 aromatic carbocycles. The van der Waals surface area contributed by atoms with E-state index in [1.807, 2.05) is 43.5 Å². The third-order valence-electron chi connectivity index (χ3n) is 7.53. The summed E-state index contributed by atoms with van der Waals surface area (Å²) in [5.41, 5.74) is 3.11. The molecule has 220 valence electrons. The fourth-order valence-electron chi connectivity index (χ4n) is 5.34. The Labute approximate surface area is 244 Å². The van der Waals surface area contributed by atoms with Crippen LogP contribution in [0.15, 0.2) is 60.7 Å². The third kappa shape index (κ3) is 5.82. The number of benzene rings is 3. The molecule has 1 aromatic heterocycles. The van der Waals surface area contributed by atoms with Gasteiger partial charge in [0.05, 0.1) is 18.2 Å². The minimum absolute atomic E-state index is 0.195. The summed E-state index contributed by atoms with van der Waals surface area (Å²) in [5, 5.41) is 0.698. The molecule has 0 spiro atoms. The second kappa shape index (κ2) is 11.5. The van der Waals surface area contributed by atoms with Gasteiger partial charge in [-0.3, -0.25) is 4.79 Å². The number of carbonyl (C=O) groups excluding carboxylic acids is 2. The van der Waals surface area contributed by atoms with Crippen LogP contribution in [0.4, 0.5) is 13.6 Å². The van der Waals surface area contributed by atoms with Gasteiger partial charge in [-0.05, 0) is 81.3 Å². The van der Waals surface area contributed by atoms with E-state index >= 15 is 0 Å². The monoisotopic (exact) mass is 575 g/mol. The van der Waals surface area contributed by atoms with E-state index in [-0.39, 0.29) is 24.0 Å². The van der Waals surface area contributed by atoms with Gasteiger partial charge in [-0.25, -0.2) is 13.6 Å². The number of hydrogen-bond donors (Lipinski definition) is 0. The Morgan fingerprint density at radius 1 is 0.905 bits per heavy atom. The number of amides is 2. The van der Waals surface area contributed by atoms with Gasteiger partial charge in [-0.1, -0.05) is 12.1 Å². The zero-order valence-electron chi connectivity index (χ0n) is 24.5. The Balaban J connectivity index is 1.62. The molecule has 1 saturated heterocycles. The number of rotatable bonds is 5. The topological polar surface area (TPSA) is 64.0 Å². The Kier molecular flexibility index (Phi) is 7.95. The standard InChI is InChI=1S/C33H35F2N3O4/c1-21-22(7-6-8-27(21)35)19-29-30(31(39)36-15-17-37(18-16-36)32(40)42-33(2,3)4)26-14-13-25(41-5)20-28(26)38(29)24-11-9-23(34)10-12-24/h6-14,20H,15-19H2,1-5H3. The molecule has 2 amide bonds. The van der Waals surface area contributed by atoms with Crippen molar-refractivity contribution in [1.82, 2.24) is 14.4 Å². The lowest BCUT2D eigenvalue weighted by Gasteiger charge is -2.35. The van der Waals surface area contributed by atoms with Crippen LogP contribution in [0, 0.1) is 18.6 Å². The Bertz CT molecular complexity index is 1630. The molecule has 0 bridgehead atoms. The molecule has 0 atom stereocenters. The zero-order chi connectivity index (χ0) is 30.2. The second-order valence-electron chi connectivity index (χ2n) is 11.5. The van der Waals surface area contributed by atoms with E-state index in [1.165, 1.54) is 18.2 Å². The van der Waals surface area contributed by atoms with Crippen LogP contribution in [0.3, 0.4) is 0 Å². The maximum absolute atomic E-state index is 14.6. The van der Waals surface area contributed by atoms with Crippen molar-refractivity contribution in [2.45, 2.75) is 39.7 Å². The number of ether oxygens (including phenoxy) is 2. The largest absolute Gasteiger partial charge is 0.497 e. The van der Waals surface area contributed by atoms with Crippen LogP contribution in [-0.4, -0.2) is 65.3 Å². The molecule has 0 unspecified atom stereocenters. The molecule has 0 saturated carbocycles. The first-order chi connectivity index (χ1) is 20.0. The number of piperazine rings is 1. The van der Waals surface area contributed by atoms with E-state index in [4.69, 9.17) is 9.47 Å². The normalized spacial score (nSPS) is 13.9. The van der Waals surface area contributed by atoms with Crippen LogP contribution in [0.5, 0.6) is 5.75 Å². The van der Waals surface area contributed by atoms with Crippen molar-refractivity contribution in [2.24, 2.45) is 0 Å². The summed E-state index contributed by atoms with van der Waals surface area (Å²) >= 11 is 0. The van der Waals surface area contributed by atoms with E-state index in [0.717, 1.165) is 5.56 Å². The predicted octanol–water partition coefficient (Wildman–Crippen LogP) is 6.51. The molecular formula is C33H35F2N3O4. The van der Waals surface area contributed by atoms with Crippen molar-refractivity contribution in [1.29, 1.82) is 0 Å². The van der Waals surface area contributed by atoms with E-state index in [1.54, 1.807) is 48.1 Å². The summed E-state index contributed by atoms with van der Waals surface area (Å²) < 4.78 is 41.5. The average Bonchev–Trinajstić information content (AvgIpc) is 3.27. The van der Waals surface area contributed by atoms with Gasteiger partial charge in [0.15, 0.2) is 0 Å². The SMILES string of the molecule is COc1ccc2c(C(=O)N3CCN(C(=O)OC(C)(C)C)CC3)c(Cc3cccc(F)c3C)n(-c3ccc(F)cc3)c2c1. The summed E-state index contributed by atoms with van der Waals surface area (Å²) in [6, 6.07) is 16.5. The van der Waals surface area contributed by atoms with Crippen molar-refractivity contribution in [3.8, 4) is 11.4 Å². The van der Waals surface area contributed by atoms with Crippen molar-refractivity contribution in [3.05, 3.63) is 94.7 Å². The van der Waals surface area contributed by atoms with E-state index < -0.39 is 11.7 Å². The molecule has 0 radical (unpaired) electrons. The van der Waals surface area contributed by atoms with Crippen molar-refractivity contribution >= 4 is 22.9 Å². The van der Waals surface area contributed by atoms with Gasteiger partial charge in [0.25, 0.3) is 5.91 Å². The molecule has 9 heteroatoms. The highest BCUT2D eigenvalue weighted by atomic mass is 19.1. The summed E-state index contributed by atoms with van der Waals surface area (Å²) in [5.74, 6) is -0.306. The second-order valence-corrected chi connectivity index (χ2v) is 11.5. The van der Waals surface area contributed by atoms with Crippen LogP contribution in [0.2, 0.25) is 0 Å². The molecule has 4 aromatic rings. The molecule has 0 N–H and O–H groups in total. The molecule has 0 aliphatic carbocycles. The smallest absolute Gasteiger partial charge is 0.410 e. The number of halogens is 2. The summed E-state index contributed by atoms with van der Waals surface area (Å²) in [6.45, 7) is 8.50. The predicted molar refractivity (Wildman–Crippen MR) is 157 cm³/mol. The lowest BCUT2D eigenvalue weighted by Crippen LogP contribution is -2.51. The van der Waals surface area contributed by atoms with Crippen molar-refractivity contribution in [2.75, 3.05) is 33.3 Å². The molecule has 1 aliphatic rings. The minimum Gasteiger partial charge on any atom is -0.497 e. The fraction of sp³-hybridized carbons (Fsp3) is 0.333. The molecule has 2 heterocycles. The van der Waals surface area contributed by atoms with Gasteiger partial charge in [0, 0.05) is 55.4 Å². The number of fused-ring (bicyclic) bond motifs is 1. The van der Waals surface area contributed by atoms with Crippen LogP contribution in [-0.2, 0) is 11.2 Å². The van der Waals surface area contributed by atoms with Gasteiger partial charge in [0.2, 0.25) is 0 Å². The lowest BCUT2D eigenvalue weighted by atomic mass is 9.99. The van der Waals surface area contributed by atoms with Crippen molar-refractivity contribution in [3.63, 3.8) is 0 Å². The van der Waals surface area contributed by atoms with Gasteiger partial charge < -0.3 is 23.8 Å². The number of aromatic nitrogens is 1. The highest BCUT2D eigenvalue weighted by molar-refractivity contribution is 6.09. The Morgan fingerprint density at radius 2 is 1.57 bits per heavy atom. The fourth-order valence-corrected chi connectivity index (χ4v) is 5.34. The van der Waals surface area contributed by atoms with Crippen LogP contribution in [0.25, 0.3) is 16.6 Å². The maximum atomic E-state index is 14.6. The summed E-state index contributed by atoms with van der Waals surface area (Å²) in [4.78, 5) is 30.3. The molecular weight excluding hydrogens is 540 g/mol. The maximum Gasteiger partial charge on any atom is 0.410 e. The first kappa shape index (κ1) is 29.1. The van der Waals surface area contributed by atoms with Gasteiger partial charge in [-0.15, -0.1) is 0 Å². The highest BCUT2D eigenvalue weighted by Crippen LogP contribution is 2.35. The van der Waals surface area contributed by atoms with Gasteiger partial charge in [0.1, 0.15) is 23.0 Å². The zero-order valence-corrected chi connectivity index (χ0v) is 24.5. The van der Waals surface area contributed by atoms with Gasteiger partial charge in [-0.2, -0.15) is 0 Å². The number of hydrogen-bond acceptors (Lipinski definition) is 4. The lowest BCUT2D eigenvalue weighted by molar-refractivity contribution is 0.0141. The first-order valence-electron chi connectivity index (χ1n) is 14.0. The molecule has 5 rings (SSSR count). The molecule has 1 aliphatic heterocycles. The number of carbonyl (C=O) groups is 2. The van der Waals surface area contributed by atoms with Crippen LogP contribution < -0.4 is 4.74 Å². The van der Waals surface area contributed by atoms with Gasteiger partial charge >= 0.3 is 6.09 Å². The Morgan fingerprint density at radius 3 is 2.21 bits per heavy atom. The summed E-state index contributed by atoms with van der Waals surface area (Å²) in [7, 11) is 1.57. The number of methoxy groups -OCH3 is 1. The minimum atomic E-state index is -0.614. The summed E-state index contributed by atoms with van der Waals surface area (Å²) in [6.07, 6.45) is -0.145. The Hall–Kier alpha value is -4.40. The average molecular weight is 576 g/mol. The number of nitrogens with zero attached hydrogens (tertiary/aromatic N) is 3. The quantitative estimate of drug-likeness (QED) is 0.272. The molecule has 42 heavy (non-hydrogen) atoms. The van der Waals surface area contributed by atoms with Crippen LogP contribution in [0.1, 0.15) is 48.0 Å². The van der Waals surface area contributed by atoms with E-state index in [0.29, 0.717) is 65.3 Å². The van der Waals surface area contributed by atoms with E-state index in [9.17, 15) is 18.4 Å². The molecule has 1 fully saturated rings. The highest BCUT2D eigenvalue weighted by Gasteiger charge is 2.32.